The van der Waals surface area contributed by atoms with Gasteiger partial charge >= 0.3 is 0 Å². The van der Waals surface area contributed by atoms with Crippen LogP contribution in [0.1, 0.15) is 66.3 Å². The Kier molecular flexibility index (Phi) is 9.44. The highest BCUT2D eigenvalue weighted by molar-refractivity contribution is 6.05. The summed E-state index contributed by atoms with van der Waals surface area (Å²) >= 11 is 0. The quantitative estimate of drug-likeness (QED) is 0.277. The lowest BCUT2D eigenvalue weighted by molar-refractivity contribution is 0.102. The van der Waals surface area contributed by atoms with Crippen LogP contribution >= 0.6 is 0 Å². The number of aryl methyl sites for hydroxylation is 2. The van der Waals surface area contributed by atoms with Crippen LogP contribution in [0.25, 0.3) is 22.3 Å². The van der Waals surface area contributed by atoms with Crippen molar-refractivity contribution in [2.24, 2.45) is 7.05 Å². The van der Waals surface area contributed by atoms with E-state index in [1.54, 1.807) is 6.20 Å². The molecule has 0 spiro atoms. The number of amides is 1. The number of pyridine rings is 1. The summed E-state index contributed by atoms with van der Waals surface area (Å²) < 4.78 is 4.02. The highest BCUT2D eigenvalue weighted by atomic mass is 16.3. The Hall–Kier alpha value is -3.80. The molecule has 1 aliphatic heterocycles. The Morgan fingerprint density at radius 1 is 0.978 bits per heavy atom. The Morgan fingerprint density at radius 3 is 2.39 bits per heavy atom. The number of piperidine rings is 1. The first-order valence-electron chi connectivity index (χ1n) is 16.7. The largest absolute Gasteiger partial charge is 0.393 e. The van der Waals surface area contributed by atoms with Gasteiger partial charge in [0.05, 0.1) is 29.0 Å². The summed E-state index contributed by atoms with van der Waals surface area (Å²) in [5.74, 6) is 0.328. The van der Waals surface area contributed by atoms with Gasteiger partial charge in [0, 0.05) is 73.5 Å². The number of aliphatic hydroxyl groups excluding tert-OH is 1. The third kappa shape index (κ3) is 6.82. The topological polar surface area (TPSA) is 108 Å². The summed E-state index contributed by atoms with van der Waals surface area (Å²) in [6, 6.07) is 10.9. The number of nitrogens with zero attached hydrogens (tertiary/aromatic N) is 8. The minimum atomic E-state index is -0.272. The first kappa shape index (κ1) is 32.2. The molecule has 11 nitrogen and oxygen atoms in total. The van der Waals surface area contributed by atoms with E-state index in [1.165, 1.54) is 5.69 Å². The molecule has 1 saturated heterocycles. The molecule has 0 unspecified atom stereocenters. The van der Waals surface area contributed by atoms with Crippen LogP contribution in [0.4, 0.5) is 11.6 Å². The van der Waals surface area contributed by atoms with Crippen LogP contribution in [0.2, 0.25) is 0 Å². The molecule has 2 N–H and O–H groups in total. The van der Waals surface area contributed by atoms with Gasteiger partial charge in [-0.1, -0.05) is 0 Å². The molecule has 1 aliphatic carbocycles. The van der Waals surface area contributed by atoms with Crippen LogP contribution in [0.15, 0.2) is 36.5 Å². The summed E-state index contributed by atoms with van der Waals surface area (Å²) in [6.07, 6.45) is 6.94. The SMILES string of the molecule is Cc1cc(C(=O)Nc2nc3ccc(N4CCC(N(C)CCN(C)C)CC4)cc3n2C2CCC(O)CC2)cc(-c2cnn(C)c2C)n1. The Balaban J connectivity index is 1.27. The smallest absolute Gasteiger partial charge is 0.258 e. The number of rotatable bonds is 9. The van der Waals surface area contributed by atoms with Crippen LogP contribution in [0, 0.1) is 13.8 Å². The summed E-state index contributed by atoms with van der Waals surface area (Å²) in [7, 11) is 8.41. The Bertz CT molecular complexity index is 1680. The lowest BCUT2D eigenvalue weighted by Crippen LogP contribution is -2.45. The van der Waals surface area contributed by atoms with Crippen molar-refractivity contribution in [2.45, 2.75) is 70.6 Å². The van der Waals surface area contributed by atoms with Gasteiger partial charge in [-0.25, -0.2) is 4.98 Å². The molecule has 11 heteroatoms. The van der Waals surface area contributed by atoms with Gasteiger partial charge in [-0.15, -0.1) is 0 Å². The fraction of sp³-hybridized carbons (Fsp3) is 0.543. The molecule has 1 saturated carbocycles. The number of aromatic nitrogens is 5. The molecule has 246 valence electrons. The van der Waals surface area contributed by atoms with Crippen molar-refractivity contribution in [1.82, 2.24) is 34.1 Å². The van der Waals surface area contributed by atoms with Crippen molar-refractivity contribution >= 4 is 28.6 Å². The van der Waals surface area contributed by atoms with Crippen molar-refractivity contribution in [1.29, 1.82) is 0 Å². The molecule has 4 aromatic rings. The number of anilines is 2. The maximum absolute atomic E-state index is 13.8. The number of hydrogen-bond acceptors (Lipinski definition) is 8. The number of carbonyl (C=O) groups is 1. The lowest BCUT2D eigenvalue weighted by Gasteiger charge is -2.38. The van der Waals surface area contributed by atoms with Crippen molar-refractivity contribution in [3.63, 3.8) is 0 Å². The molecule has 2 aliphatic rings. The predicted octanol–water partition coefficient (Wildman–Crippen LogP) is 4.64. The van der Waals surface area contributed by atoms with E-state index in [0.717, 1.165) is 98.4 Å². The second-order valence-electron chi connectivity index (χ2n) is 13.5. The molecule has 4 heterocycles. The third-order valence-corrected chi connectivity index (χ3v) is 10.0. The molecule has 1 amide bonds. The highest BCUT2D eigenvalue weighted by Gasteiger charge is 2.28. The van der Waals surface area contributed by atoms with E-state index in [9.17, 15) is 9.90 Å². The van der Waals surface area contributed by atoms with Crippen molar-refractivity contribution in [3.05, 3.63) is 53.5 Å². The van der Waals surface area contributed by atoms with Gasteiger partial charge in [-0.05, 0) is 104 Å². The van der Waals surface area contributed by atoms with E-state index in [-0.39, 0.29) is 18.1 Å². The molecular formula is C35H49N9O2. The van der Waals surface area contributed by atoms with Crippen LogP contribution in [0.3, 0.4) is 0 Å². The Labute approximate surface area is 272 Å². The molecule has 0 atom stereocenters. The number of likely N-dealkylation sites (N-methyl/N-ethyl adjacent to an activating group) is 2. The summed E-state index contributed by atoms with van der Waals surface area (Å²) in [6.45, 7) is 8.07. The predicted molar refractivity (Wildman–Crippen MR) is 184 cm³/mol. The van der Waals surface area contributed by atoms with Crippen LogP contribution in [-0.2, 0) is 7.05 Å². The number of imidazole rings is 1. The maximum Gasteiger partial charge on any atom is 0.258 e. The molecule has 2 fully saturated rings. The van der Waals surface area contributed by atoms with Gasteiger partial charge < -0.3 is 24.4 Å². The van der Waals surface area contributed by atoms with Gasteiger partial charge in [-0.3, -0.25) is 19.8 Å². The first-order chi connectivity index (χ1) is 22.1. The van der Waals surface area contributed by atoms with E-state index < -0.39 is 0 Å². The molecule has 0 radical (unpaired) electrons. The number of carbonyl (C=O) groups excluding carboxylic acids is 1. The van der Waals surface area contributed by atoms with Crippen molar-refractivity contribution in [3.8, 4) is 11.3 Å². The Morgan fingerprint density at radius 2 is 1.72 bits per heavy atom. The fourth-order valence-corrected chi connectivity index (χ4v) is 7.02. The van der Waals surface area contributed by atoms with E-state index in [2.05, 4.69) is 69.0 Å². The average Bonchev–Trinajstić information content (AvgIpc) is 3.57. The number of nitrogens with one attached hydrogen (secondary N) is 1. The minimum absolute atomic E-state index is 0.141. The van der Waals surface area contributed by atoms with Crippen LogP contribution in [0.5, 0.6) is 0 Å². The van der Waals surface area contributed by atoms with Gasteiger partial charge in [-0.2, -0.15) is 5.10 Å². The number of aliphatic hydroxyl groups is 1. The van der Waals surface area contributed by atoms with Crippen molar-refractivity contribution in [2.75, 3.05) is 57.5 Å². The lowest BCUT2D eigenvalue weighted by atomic mass is 9.93. The molecule has 0 bridgehead atoms. The minimum Gasteiger partial charge on any atom is -0.393 e. The maximum atomic E-state index is 13.8. The second kappa shape index (κ2) is 13.5. The van der Waals surface area contributed by atoms with E-state index in [4.69, 9.17) is 9.97 Å². The van der Waals surface area contributed by atoms with Gasteiger partial charge in [0.15, 0.2) is 0 Å². The summed E-state index contributed by atoms with van der Waals surface area (Å²) in [5, 5.41) is 17.8. The summed E-state index contributed by atoms with van der Waals surface area (Å²) in [4.78, 5) is 30.7. The zero-order valence-electron chi connectivity index (χ0n) is 28.2. The normalized spacial score (nSPS) is 19.5. The highest BCUT2D eigenvalue weighted by Crippen LogP contribution is 2.36. The number of fused-ring (bicyclic) bond motifs is 1. The summed E-state index contributed by atoms with van der Waals surface area (Å²) in [5.41, 5.74) is 6.99. The molecule has 46 heavy (non-hydrogen) atoms. The molecule has 6 rings (SSSR count). The zero-order valence-corrected chi connectivity index (χ0v) is 28.2. The first-order valence-corrected chi connectivity index (χ1v) is 16.7. The second-order valence-corrected chi connectivity index (χ2v) is 13.5. The monoisotopic (exact) mass is 627 g/mol. The fourth-order valence-electron chi connectivity index (χ4n) is 7.02. The van der Waals surface area contributed by atoms with Gasteiger partial charge in [0.2, 0.25) is 5.95 Å². The third-order valence-electron chi connectivity index (χ3n) is 10.0. The van der Waals surface area contributed by atoms with Crippen LogP contribution in [-0.4, -0.2) is 105 Å². The molecule has 1 aromatic carbocycles. The molecule has 3 aromatic heterocycles. The zero-order chi connectivity index (χ0) is 32.5. The standard InChI is InChI=1S/C35H49N9O2/c1-23-19-25(20-32(37-23)30-22-36-42(6)24(30)2)34(46)39-35-38-31-12-9-28(21-33(31)44(35)27-7-10-29(45)11-8-27)43-15-13-26(14-16-43)41(5)18-17-40(3)4/h9,12,19-22,26-27,29,45H,7-8,10-11,13-18H2,1-6H3,(H,38,39,46). The molecular weight excluding hydrogens is 578 g/mol. The van der Waals surface area contributed by atoms with Gasteiger partial charge in [0.25, 0.3) is 5.91 Å². The van der Waals surface area contributed by atoms with E-state index >= 15 is 0 Å². The van der Waals surface area contributed by atoms with E-state index in [0.29, 0.717) is 17.6 Å². The number of benzene rings is 1. The van der Waals surface area contributed by atoms with E-state index in [1.807, 2.05) is 37.7 Å². The van der Waals surface area contributed by atoms with Gasteiger partial charge in [0.1, 0.15) is 0 Å². The number of hydrogen-bond donors (Lipinski definition) is 2. The average molecular weight is 628 g/mol. The van der Waals surface area contributed by atoms with Crippen LogP contribution < -0.4 is 10.2 Å². The van der Waals surface area contributed by atoms with Crippen molar-refractivity contribution < 1.29 is 9.90 Å².